The van der Waals surface area contributed by atoms with Gasteiger partial charge in [0.25, 0.3) is 0 Å². The maximum Gasteiger partial charge on any atom is 0.191 e. The SMILES string of the molecule is COc1cc(NC(C(=O)c2c[nH]c3cc(CCN(C)C)ccc23)c2ccccc2)cc(OC)c1. The van der Waals surface area contributed by atoms with Gasteiger partial charge in [-0.3, -0.25) is 4.79 Å². The van der Waals surface area contributed by atoms with Crippen LogP contribution in [0, 0.1) is 0 Å². The zero-order valence-corrected chi connectivity index (χ0v) is 20.1. The number of carbonyl (C=O) groups excluding carboxylic acids is 1. The van der Waals surface area contributed by atoms with Gasteiger partial charge in [0.15, 0.2) is 5.78 Å². The van der Waals surface area contributed by atoms with Gasteiger partial charge < -0.3 is 24.7 Å². The Bertz CT molecular complexity index is 1240. The lowest BCUT2D eigenvalue weighted by molar-refractivity contribution is 0.0971. The average molecular weight is 458 g/mol. The number of aromatic nitrogens is 1. The number of aromatic amines is 1. The first-order chi connectivity index (χ1) is 16.5. The van der Waals surface area contributed by atoms with Crippen molar-refractivity contribution < 1.29 is 14.3 Å². The van der Waals surface area contributed by atoms with E-state index in [1.54, 1.807) is 20.3 Å². The molecule has 4 rings (SSSR count). The van der Waals surface area contributed by atoms with Gasteiger partial charge >= 0.3 is 0 Å². The number of hydrogen-bond acceptors (Lipinski definition) is 5. The van der Waals surface area contributed by atoms with Gasteiger partial charge in [0.05, 0.1) is 14.2 Å². The molecule has 1 atom stereocenters. The lowest BCUT2D eigenvalue weighted by atomic mass is 9.96. The van der Waals surface area contributed by atoms with Crippen LogP contribution in [0.3, 0.4) is 0 Å². The number of Topliss-reactive ketones (excluding diaryl/α,β-unsaturated/α-hetero) is 1. The van der Waals surface area contributed by atoms with Crippen LogP contribution < -0.4 is 14.8 Å². The zero-order valence-electron chi connectivity index (χ0n) is 20.1. The Morgan fingerprint density at radius 1 is 0.971 bits per heavy atom. The molecule has 0 fully saturated rings. The summed E-state index contributed by atoms with van der Waals surface area (Å²) >= 11 is 0. The molecular formula is C28H31N3O3. The predicted octanol–water partition coefficient (Wildman–Crippen LogP) is 5.33. The Hall–Kier alpha value is -3.77. The van der Waals surface area contributed by atoms with E-state index in [0.717, 1.165) is 35.1 Å². The van der Waals surface area contributed by atoms with Crippen LogP contribution in [0.4, 0.5) is 5.69 Å². The van der Waals surface area contributed by atoms with E-state index in [1.807, 2.05) is 54.7 Å². The highest BCUT2D eigenvalue weighted by Gasteiger charge is 2.25. The largest absolute Gasteiger partial charge is 0.497 e. The summed E-state index contributed by atoms with van der Waals surface area (Å²) in [5.41, 5.74) is 4.48. The molecule has 0 aliphatic heterocycles. The Balaban J connectivity index is 1.69. The molecule has 0 saturated heterocycles. The Labute approximate surface area is 200 Å². The zero-order chi connectivity index (χ0) is 24.1. The number of likely N-dealkylation sites (N-methyl/N-ethyl adjacent to an activating group) is 1. The highest BCUT2D eigenvalue weighted by atomic mass is 16.5. The molecule has 0 aliphatic carbocycles. The second-order valence-corrected chi connectivity index (χ2v) is 8.59. The number of nitrogens with one attached hydrogen (secondary N) is 2. The predicted molar refractivity (Wildman–Crippen MR) is 137 cm³/mol. The molecule has 6 nitrogen and oxygen atoms in total. The van der Waals surface area contributed by atoms with E-state index in [4.69, 9.17) is 9.47 Å². The Kier molecular flexibility index (Phi) is 7.18. The summed E-state index contributed by atoms with van der Waals surface area (Å²) in [5.74, 6) is 1.29. The number of benzene rings is 3. The first-order valence-electron chi connectivity index (χ1n) is 11.3. The molecule has 6 heteroatoms. The smallest absolute Gasteiger partial charge is 0.191 e. The quantitative estimate of drug-likeness (QED) is 0.315. The average Bonchev–Trinajstić information content (AvgIpc) is 3.29. The molecule has 1 heterocycles. The van der Waals surface area contributed by atoms with Gasteiger partial charge in [-0.15, -0.1) is 0 Å². The van der Waals surface area contributed by atoms with Crippen molar-refractivity contribution in [3.63, 3.8) is 0 Å². The van der Waals surface area contributed by atoms with Crippen LogP contribution in [0.2, 0.25) is 0 Å². The van der Waals surface area contributed by atoms with Crippen LogP contribution in [0.1, 0.15) is 27.5 Å². The lowest BCUT2D eigenvalue weighted by Crippen LogP contribution is -2.21. The summed E-state index contributed by atoms with van der Waals surface area (Å²) in [6.45, 7) is 0.974. The number of carbonyl (C=O) groups is 1. The van der Waals surface area contributed by atoms with Crippen molar-refractivity contribution in [2.75, 3.05) is 40.2 Å². The molecule has 1 aromatic heterocycles. The number of hydrogen-bond donors (Lipinski definition) is 2. The van der Waals surface area contributed by atoms with E-state index in [0.29, 0.717) is 17.1 Å². The molecule has 2 N–H and O–H groups in total. The topological polar surface area (TPSA) is 66.6 Å². The number of H-pyrrole nitrogens is 1. The molecule has 0 aliphatic rings. The summed E-state index contributed by atoms with van der Waals surface area (Å²) in [6, 6.07) is 21.0. The monoisotopic (exact) mass is 457 g/mol. The second kappa shape index (κ2) is 10.4. The van der Waals surface area contributed by atoms with Crippen molar-refractivity contribution in [1.82, 2.24) is 9.88 Å². The van der Waals surface area contributed by atoms with Gasteiger partial charge in [0.2, 0.25) is 0 Å². The molecule has 3 aromatic carbocycles. The summed E-state index contributed by atoms with van der Waals surface area (Å²) in [4.78, 5) is 19.3. The fraction of sp³-hybridized carbons (Fsp3) is 0.250. The minimum Gasteiger partial charge on any atom is -0.497 e. The summed E-state index contributed by atoms with van der Waals surface area (Å²) in [5, 5.41) is 4.33. The number of ether oxygens (including phenoxy) is 2. The van der Waals surface area contributed by atoms with Gasteiger partial charge in [0.1, 0.15) is 17.5 Å². The van der Waals surface area contributed by atoms with E-state index in [9.17, 15) is 4.79 Å². The summed E-state index contributed by atoms with van der Waals surface area (Å²) < 4.78 is 10.8. The molecule has 34 heavy (non-hydrogen) atoms. The number of ketones is 1. The van der Waals surface area contributed by atoms with Gasteiger partial charge in [-0.05, 0) is 37.7 Å². The van der Waals surface area contributed by atoms with Gasteiger partial charge in [0, 0.05) is 53.1 Å². The fourth-order valence-corrected chi connectivity index (χ4v) is 4.04. The van der Waals surface area contributed by atoms with E-state index in [1.165, 1.54) is 5.56 Å². The second-order valence-electron chi connectivity index (χ2n) is 8.59. The van der Waals surface area contributed by atoms with Crippen LogP contribution >= 0.6 is 0 Å². The summed E-state index contributed by atoms with van der Waals surface area (Å²) in [6.07, 6.45) is 2.77. The van der Waals surface area contributed by atoms with Crippen molar-refractivity contribution >= 4 is 22.4 Å². The van der Waals surface area contributed by atoms with Gasteiger partial charge in [-0.2, -0.15) is 0 Å². The minimum absolute atomic E-state index is 0.0136. The number of anilines is 1. The molecule has 176 valence electrons. The first-order valence-corrected chi connectivity index (χ1v) is 11.3. The number of rotatable bonds is 10. The third kappa shape index (κ3) is 5.24. The first kappa shape index (κ1) is 23.4. The van der Waals surface area contributed by atoms with Gasteiger partial charge in [-0.1, -0.05) is 42.5 Å². The third-order valence-electron chi connectivity index (χ3n) is 5.92. The molecule has 4 aromatic rings. The molecule has 0 amide bonds. The normalized spacial score (nSPS) is 12.0. The summed E-state index contributed by atoms with van der Waals surface area (Å²) in [7, 11) is 7.35. The fourth-order valence-electron chi connectivity index (χ4n) is 4.04. The van der Waals surface area contributed by atoms with Crippen molar-refractivity contribution in [1.29, 1.82) is 0 Å². The van der Waals surface area contributed by atoms with E-state index < -0.39 is 6.04 Å². The van der Waals surface area contributed by atoms with Crippen molar-refractivity contribution in [3.8, 4) is 11.5 Å². The van der Waals surface area contributed by atoms with Crippen LogP contribution in [0.25, 0.3) is 10.9 Å². The minimum atomic E-state index is -0.578. The Morgan fingerprint density at radius 3 is 2.32 bits per heavy atom. The maximum absolute atomic E-state index is 13.9. The van der Waals surface area contributed by atoms with Crippen LogP contribution in [0.15, 0.2) is 72.9 Å². The Morgan fingerprint density at radius 2 is 1.68 bits per heavy atom. The van der Waals surface area contributed by atoms with Crippen molar-refractivity contribution in [3.05, 3.63) is 89.6 Å². The molecule has 0 spiro atoms. The highest BCUT2D eigenvalue weighted by molar-refractivity contribution is 6.11. The van der Waals surface area contributed by atoms with Crippen LogP contribution in [-0.4, -0.2) is 50.5 Å². The van der Waals surface area contributed by atoms with Crippen LogP contribution in [-0.2, 0) is 6.42 Å². The number of methoxy groups -OCH3 is 2. The maximum atomic E-state index is 13.9. The number of nitrogens with zero attached hydrogens (tertiary/aromatic N) is 1. The van der Waals surface area contributed by atoms with Crippen molar-refractivity contribution in [2.24, 2.45) is 0 Å². The van der Waals surface area contributed by atoms with E-state index >= 15 is 0 Å². The molecule has 1 unspecified atom stereocenters. The standard InChI is InChI=1S/C28H31N3O3/c1-31(2)13-12-19-10-11-24-25(18-29-26(24)14-19)28(32)27(20-8-6-5-7-9-20)30-21-15-22(33-3)17-23(16-21)34-4/h5-11,14-18,27,29-30H,12-13H2,1-4H3. The third-order valence-corrected chi connectivity index (χ3v) is 5.92. The van der Waals surface area contributed by atoms with Crippen molar-refractivity contribution in [2.45, 2.75) is 12.5 Å². The molecule has 0 saturated carbocycles. The molecule has 0 radical (unpaired) electrons. The van der Waals surface area contributed by atoms with Gasteiger partial charge in [-0.25, -0.2) is 0 Å². The van der Waals surface area contributed by atoms with E-state index in [-0.39, 0.29) is 5.78 Å². The molecule has 0 bridgehead atoms. The number of fused-ring (bicyclic) bond motifs is 1. The van der Waals surface area contributed by atoms with E-state index in [2.05, 4.69) is 41.4 Å². The highest BCUT2D eigenvalue weighted by Crippen LogP contribution is 2.32. The lowest BCUT2D eigenvalue weighted by Gasteiger charge is -2.20. The van der Waals surface area contributed by atoms with Crippen LogP contribution in [0.5, 0.6) is 11.5 Å². The molecular weight excluding hydrogens is 426 g/mol.